The third-order valence-corrected chi connectivity index (χ3v) is 5.11. The van der Waals surface area contributed by atoms with Crippen molar-refractivity contribution >= 4 is 17.3 Å². The van der Waals surface area contributed by atoms with E-state index in [1.807, 2.05) is 44.2 Å². The zero-order valence-electron chi connectivity index (χ0n) is 17.8. The monoisotopic (exact) mass is 377 g/mol. The van der Waals surface area contributed by atoms with Crippen molar-refractivity contribution in [2.45, 2.75) is 26.8 Å². The molecule has 0 bridgehead atoms. The molecular formula is C22H28N6. The number of hydrogen-bond donors (Lipinski definition) is 1. The van der Waals surface area contributed by atoms with Crippen LogP contribution < -0.4 is 10.2 Å². The van der Waals surface area contributed by atoms with Crippen molar-refractivity contribution in [3.05, 3.63) is 60.4 Å². The van der Waals surface area contributed by atoms with E-state index in [1.54, 1.807) is 11.0 Å². The smallest absolute Gasteiger partial charge is 0.246 e. The Morgan fingerprint density at radius 2 is 1.75 bits per heavy atom. The number of hydrogen-bond acceptors (Lipinski definition) is 5. The molecule has 1 saturated heterocycles. The van der Waals surface area contributed by atoms with Crippen molar-refractivity contribution < 1.29 is 1.37 Å². The maximum absolute atomic E-state index is 8.24. The van der Waals surface area contributed by atoms with Crippen molar-refractivity contribution in [2.75, 3.05) is 36.4 Å². The number of anilines is 3. The number of nitrogens with one attached hydrogen (secondary N) is 1. The zero-order valence-corrected chi connectivity index (χ0v) is 16.8. The highest BCUT2D eigenvalue weighted by Gasteiger charge is 2.19. The molecular weight excluding hydrogens is 348 g/mol. The van der Waals surface area contributed by atoms with Gasteiger partial charge in [-0.1, -0.05) is 18.2 Å². The van der Waals surface area contributed by atoms with Gasteiger partial charge >= 0.3 is 0 Å². The van der Waals surface area contributed by atoms with E-state index in [0.717, 1.165) is 37.6 Å². The third kappa shape index (κ3) is 4.17. The minimum atomic E-state index is -0.519. The van der Waals surface area contributed by atoms with E-state index in [2.05, 4.69) is 50.3 Å². The van der Waals surface area contributed by atoms with Gasteiger partial charge in [-0.25, -0.2) is 4.68 Å². The van der Waals surface area contributed by atoms with E-state index in [-0.39, 0.29) is 0 Å². The maximum Gasteiger partial charge on any atom is 0.246 e. The molecule has 1 N–H and O–H groups in total. The number of benzene rings is 2. The molecule has 0 unspecified atom stereocenters. The Morgan fingerprint density at radius 1 is 1.00 bits per heavy atom. The van der Waals surface area contributed by atoms with Gasteiger partial charge < -0.3 is 10.2 Å². The normalized spacial score (nSPS) is 16.1. The molecule has 0 spiro atoms. The summed E-state index contributed by atoms with van der Waals surface area (Å²) in [6.45, 7) is 9.66. The maximum atomic E-state index is 8.24. The molecule has 3 aromatic rings. The average molecular weight is 378 g/mol. The van der Waals surface area contributed by atoms with Gasteiger partial charge in [-0.2, -0.15) is 4.98 Å². The topological polar surface area (TPSA) is 49.2 Å². The van der Waals surface area contributed by atoms with Crippen LogP contribution >= 0.6 is 0 Å². The standard InChI is InChI=1S/C22H28N6/c1-17(2)26-9-11-27(12-10-26)21-14-18(3)13-19(15-21)24-22-23-16-28(25-22)20-7-5-4-6-8-20/h4-8,13-17H,9-12H2,1-3H3,(H,24,25)/i17D. The molecule has 0 radical (unpaired) electrons. The molecule has 6 heteroatoms. The predicted octanol–water partition coefficient (Wildman–Crippen LogP) is 3.85. The second-order valence-corrected chi connectivity index (χ2v) is 7.45. The number of aryl methyl sites for hydroxylation is 1. The average Bonchev–Trinajstić information content (AvgIpc) is 3.16. The molecule has 1 aliphatic heterocycles. The van der Waals surface area contributed by atoms with Crippen LogP contribution in [0.25, 0.3) is 5.69 Å². The van der Waals surface area contributed by atoms with Crippen molar-refractivity contribution in [2.24, 2.45) is 0 Å². The lowest BCUT2D eigenvalue weighted by atomic mass is 10.1. The molecule has 2 heterocycles. The lowest BCUT2D eigenvalue weighted by Crippen LogP contribution is -2.48. The third-order valence-electron chi connectivity index (χ3n) is 5.11. The predicted molar refractivity (Wildman–Crippen MR) is 115 cm³/mol. The van der Waals surface area contributed by atoms with Crippen molar-refractivity contribution in [1.29, 1.82) is 0 Å². The summed E-state index contributed by atoms with van der Waals surface area (Å²) >= 11 is 0. The van der Waals surface area contributed by atoms with Gasteiger partial charge in [-0.15, -0.1) is 5.10 Å². The summed E-state index contributed by atoms with van der Waals surface area (Å²) in [6.07, 6.45) is 1.72. The first kappa shape index (κ1) is 17.3. The van der Waals surface area contributed by atoms with Crippen LogP contribution in [-0.4, -0.2) is 51.9 Å². The summed E-state index contributed by atoms with van der Waals surface area (Å²) in [5.74, 6) is 0.575. The highest BCUT2D eigenvalue weighted by molar-refractivity contribution is 5.64. The van der Waals surface area contributed by atoms with Crippen LogP contribution in [0.1, 0.15) is 20.8 Å². The minimum absolute atomic E-state index is 0.519. The molecule has 4 rings (SSSR count). The summed E-state index contributed by atoms with van der Waals surface area (Å²) in [5, 5.41) is 7.88. The number of para-hydroxylation sites is 1. The van der Waals surface area contributed by atoms with Gasteiger partial charge in [0.05, 0.1) is 5.69 Å². The SMILES string of the molecule is [2H]C(C)(C)N1CCN(c2cc(C)cc(Nc3ncn(-c4ccccc4)n3)c2)CC1. The lowest BCUT2D eigenvalue weighted by molar-refractivity contribution is 0.209. The van der Waals surface area contributed by atoms with Gasteiger partial charge in [-0.05, 0) is 56.7 Å². The fourth-order valence-corrected chi connectivity index (χ4v) is 3.58. The highest BCUT2D eigenvalue weighted by atomic mass is 15.4. The van der Waals surface area contributed by atoms with Crippen LogP contribution in [0.5, 0.6) is 0 Å². The Labute approximate surface area is 168 Å². The van der Waals surface area contributed by atoms with Crippen LogP contribution in [0.4, 0.5) is 17.3 Å². The largest absolute Gasteiger partial charge is 0.369 e. The molecule has 1 aromatic heterocycles. The van der Waals surface area contributed by atoms with E-state index in [4.69, 9.17) is 1.37 Å². The molecule has 0 aliphatic carbocycles. The fraction of sp³-hybridized carbons (Fsp3) is 0.364. The summed E-state index contributed by atoms with van der Waals surface area (Å²) in [6, 6.07) is 15.9. The quantitative estimate of drug-likeness (QED) is 0.732. The molecule has 28 heavy (non-hydrogen) atoms. The molecule has 2 aromatic carbocycles. The molecule has 0 amide bonds. The molecule has 0 atom stereocenters. The van der Waals surface area contributed by atoms with Gasteiger partial charge in [0.25, 0.3) is 0 Å². The summed E-state index contributed by atoms with van der Waals surface area (Å²) in [4.78, 5) is 9.00. The molecule has 1 fully saturated rings. The first-order valence-corrected chi connectivity index (χ1v) is 9.74. The Kier molecular flexibility index (Phi) is 4.94. The van der Waals surface area contributed by atoms with Crippen LogP contribution in [0.3, 0.4) is 0 Å². The second kappa shape index (κ2) is 8.02. The molecule has 1 aliphatic rings. The lowest BCUT2D eigenvalue weighted by Gasteiger charge is -2.38. The molecule has 0 saturated carbocycles. The van der Waals surface area contributed by atoms with Crippen LogP contribution in [0.15, 0.2) is 54.9 Å². The highest BCUT2D eigenvalue weighted by Crippen LogP contribution is 2.25. The molecule has 6 nitrogen and oxygen atoms in total. The van der Waals surface area contributed by atoms with Gasteiger partial charge in [0, 0.05) is 44.9 Å². The van der Waals surface area contributed by atoms with E-state index in [0.29, 0.717) is 5.95 Å². The van der Waals surface area contributed by atoms with Gasteiger partial charge in [0.1, 0.15) is 6.33 Å². The number of aromatic nitrogens is 3. The number of rotatable bonds is 5. The summed E-state index contributed by atoms with van der Waals surface area (Å²) in [7, 11) is 0. The van der Waals surface area contributed by atoms with Gasteiger partial charge in [0.15, 0.2) is 0 Å². The van der Waals surface area contributed by atoms with Crippen LogP contribution in [0, 0.1) is 6.92 Å². The Bertz CT molecular complexity index is 955. The Balaban J connectivity index is 1.48. The van der Waals surface area contributed by atoms with Crippen molar-refractivity contribution in [3.63, 3.8) is 0 Å². The second-order valence-electron chi connectivity index (χ2n) is 7.45. The van der Waals surface area contributed by atoms with Crippen LogP contribution in [-0.2, 0) is 0 Å². The van der Waals surface area contributed by atoms with E-state index >= 15 is 0 Å². The van der Waals surface area contributed by atoms with E-state index in [1.165, 1.54) is 11.3 Å². The van der Waals surface area contributed by atoms with Gasteiger partial charge in [-0.3, -0.25) is 4.90 Å². The van der Waals surface area contributed by atoms with Crippen molar-refractivity contribution in [3.8, 4) is 5.69 Å². The molecule has 146 valence electrons. The van der Waals surface area contributed by atoms with E-state index < -0.39 is 6.02 Å². The minimum Gasteiger partial charge on any atom is -0.369 e. The number of piperazine rings is 1. The summed E-state index contributed by atoms with van der Waals surface area (Å²) < 4.78 is 10.0. The van der Waals surface area contributed by atoms with Gasteiger partial charge in [0.2, 0.25) is 5.95 Å². The fourth-order valence-electron chi connectivity index (χ4n) is 3.58. The number of nitrogens with zero attached hydrogens (tertiary/aromatic N) is 5. The van der Waals surface area contributed by atoms with Crippen LogP contribution in [0.2, 0.25) is 0 Å². The first-order valence-electron chi connectivity index (χ1n) is 10.2. The first-order chi connectivity index (χ1) is 13.9. The summed E-state index contributed by atoms with van der Waals surface area (Å²) in [5.41, 5.74) is 4.34. The zero-order chi connectivity index (χ0) is 20.4. The Morgan fingerprint density at radius 3 is 2.46 bits per heavy atom. The Hall–Kier alpha value is -2.86. The van der Waals surface area contributed by atoms with E-state index in [9.17, 15) is 0 Å². The van der Waals surface area contributed by atoms with Crippen molar-refractivity contribution in [1.82, 2.24) is 19.7 Å².